The van der Waals surface area contributed by atoms with Crippen LogP contribution in [0.1, 0.15) is 38.1 Å². The molecule has 96 valence electrons. The second-order valence-corrected chi connectivity index (χ2v) is 6.41. The fourth-order valence-corrected chi connectivity index (χ4v) is 3.84. The van der Waals surface area contributed by atoms with Crippen LogP contribution in [0.15, 0.2) is 18.2 Å². The molecule has 2 aromatic rings. The van der Waals surface area contributed by atoms with Crippen LogP contribution in [0.4, 0.5) is 5.69 Å². The zero-order valence-electron chi connectivity index (χ0n) is 10.9. The second kappa shape index (κ2) is 4.50. The number of aromatic nitrogens is 2. The lowest BCUT2D eigenvalue weighted by Gasteiger charge is -2.17. The third-order valence-electron chi connectivity index (χ3n) is 3.53. The van der Waals surface area contributed by atoms with Crippen molar-refractivity contribution in [2.24, 2.45) is 0 Å². The number of fused-ring (bicyclic) bond motifs is 1. The highest BCUT2D eigenvalue weighted by molar-refractivity contribution is 7.99. The van der Waals surface area contributed by atoms with Crippen molar-refractivity contribution < 1.29 is 0 Å². The minimum atomic E-state index is 0.448. The molecular formula is C14H19N3S. The Morgan fingerprint density at radius 3 is 2.94 bits per heavy atom. The SMILES string of the molecule is CC(C)c1nc2cc(N)ccc2n1C1CCSC1. The van der Waals surface area contributed by atoms with Crippen LogP contribution < -0.4 is 5.73 Å². The molecule has 2 heterocycles. The Morgan fingerprint density at radius 1 is 1.44 bits per heavy atom. The normalized spacial score (nSPS) is 20.1. The molecule has 4 heteroatoms. The Labute approximate surface area is 112 Å². The highest BCUT2D eigenvalue weighted by Gasteiger charge is 2.24. The summed E-state index contributed by atoms with van der Waals surface area (Å²) in [6.07, 6.45) is 1.25. The van der Waals surface area contributed by atoms with Crippen LogP contribution in [0, 0.1) is 0 Å². The molecule has 1 aliphatic rings. The Balaban J connectivity index is 2.21. The van der Waals surface area contributed by atoms with Crippen molar-refractivity contribution >= 4 is 28.5 Å². The molecular weight excluding hydrogens is 242 g/mol. The van der Waals surface area contributed by atoms with Crippen LogP contribution in [0.5, 0.6) is 0 Å². The molecule has 2 N–H and O–H groups in total. The first-order valence-corrected chi connectivity index (χ1v) is 7.67. The smallest absolute Gasteiger partial charge is 0.112 e. The van der Waals surface area contributed by atoms with Gasteiger partial charge in [0.05, 0.1) is 11.0 Å². The van der Waals surface area contributed by atoms with Crippen LogP contribution in [0.2, 0.25) is 0 Å². The number of anilines is 1. The van der Waals surface area contributed by atoms with E-state index < -0.39 is 0 Å². The van der Waals surface area contributed by atoms with Crippen molar-refractivity contribution in [2.45, 2.75) is 32.2 Å². The Bertz CT molecular complexity index is 568. The van der Waals surface area contributed by atoms with Gasteiger partial charge >= 0.3 is 0 Å². The van der Waals surface area contributed by atoms with Crippen molar-refractivity contribution in [2.75, 3.05) is 17.2 Å². The maximum absolute atomic E-state index is 5.86. The fourth-order valence-electron chi connectivity index (χ4n) is 2.65. The van der Waals surface area contributed by atoms with Gasteiger partial charge in [-0.05, 0) is 30.4 Å². The number of imidazole rings is 1. The van der Waals surface area contributed by atoms with Crippen molar-refractivity contribution in [3.8, 4) is 0 Å². The van der Waals surface area contributed by atoms with Crippen LogP contribution >= 0.6 is 11.8 Å². The van der Waals surface area contributed by atoms with E-state index in [1.54, 1.807) is 0 Å². The van der Waals surface area contributed by atoms with E-state index in [1.165, 1.54) is 29.3 Å². The second-order valence-electron chi connectivity index (χ2n) is 5.26. The van der Waals surface area contributed by atoms with E-state index in [1.807, 2.05) is 23.9 Å². The summed E-state index contributed by atoms with van der Waals surface area (Å²) in [4.78, 5) is 4.79. The monoisotopic (exact) mass is 261 g/mol. The average molecular weight is 261 g/mol. The molecule has 3 nitrogen and oxygen atoms in total. The lowest BCUT2D eigenvalue weighted by atomic mass is 10.1. The largest absolute Gasteiger partial charge is 0.399 e. The molecule has 0 saturated carbocycles. The number of nitrogens with zero attached hydrogens (tertiary/aromatic N) is 2. The molecule has 0 bridgehead atoms. The number of hydrogen-bond donors (Lipinski definition) is 1. The average Bonchev–Trinajstić information content (AvgIpc) is 2.92. The number of hydrogen-bond acceptors (Lipinski definition) is 3. The maximum Gasteiger partial charge on any atom is 0.112 e. The molecule has 1 aromatic heterocycles. The van der Waals surface area contributed by atoms with Gasteiger partial charge in [0.25, 0.3) is 0 Å². The first-order chi connectivity index (χ1) is 8.66. The van der Waals surface area contributed by atoms with E-state index in [9.17, 15) is 0 Å². The predicted octanol–water partition coefficient (Wildman–Crippen LogP) is 3.42. The van der Waals surface area contributed by atoms with Gasteiger partial charge in [0.1, 0.15) is 5.82 Å². The molecule has 3 rings (SSSR count). The van der Waals surface area contributed by atoms with Gasteiger partial charge in [-0.25, -0.2) is 4.98 Å². The first-order valence-electron chi connectivity index (χ1n) is 6.52. The Kier molecular flexibility index (Phi) is 2.98. The molecule has 1 atom stereocenters. The van der Waals surface area contributed by atoms with E-state index in [2.05, 4.69) is 24.5 Å². The van der Waals surface area contributed by atoms with Gasteiger partial charge in [0.15, 0.2) is 0 Å². The minimum Gasteiger partial charge on any atom is -0.399 e. The summed E-state index contributed by atoms with van der Waals surface area (Å²) in [5.74, 6) is 4.11. The summed E-state index contributed by atoms with van der Waals surface area (Å²) < 4.78 is 2.44. The third-order valence-corrected chi connectivity index (χ3v) is 4.67. The Hall–Kier alpha value is -1.16. The molecule has 1 saturated heterocycles. The van der Waals surface area contributed by atoms with E-state index in [-0.39, 0.29) is 0 Å². The topological polar surface area (TPSA) is 43.8 Å². The number of rotatable bonds is 2. The lowest BCUT2D eigenvalue weighted by molar-refractivity contribution is 0.534. The van der Waals surface area contributed by atoms with Crippen molar-refractivity contribution in [1.82, 2.24) is 9.55 Å². The molecule has 1 unspecified atom stereocenters. The minimum absolute atomic E-state index is 0.448. The molecule has 1 fully saturated rings. The standard InChI is InChI=1S/C14H19N3S/c1-9(2)14-16-12-7-10(15)3-4-13(12)17(14)11-5-6-18-8-11/h3-4,7,9,11H,5-6,8,15H2,1-2H3. The van der Waals surface area contributed by atoms with Gasteiger partial charge in [-0.3, -0.25) is 0 Å². The molecule has 0 spiro atoms. The highest BCUT2D eigenvalue weighted by atomic mass is 32.2. The molecule has 18 heavy (non-hydrogen) atoms. The van der Waals surface area contributed by atoms with Gasteiger partial charge in [-0.1, -0.05) is 13.8 Å². The predicted molar refractivity (Wildman–Crippen MR) is 79.2 cm³/mol. The van der Waals surface area contributed by atoms with E-state index >= 15 is 0 Å². The fraction of sp³-hybridized carbons (Fsp3) is 0.500. The van der Waals surface area contributed by atoms with E-state index in [0.717, 1.165) is 11.2 Å². The number of nitrogens with two attached hydrogens (primary N) is 1. The Morgan fingerprint density at radius 2 is 2.28 bits per heavy atom. The van der Waals surface area contributed by atoms with Crippen molar-refractivity contribution in [3.63, 3.8) is 0 Å². The summed E-state index contributed by atoms with van der Waals surface area (Å²) in [7, 11) is 0. The molecule has 0 radical (unpaired) electrons. The summed E-state index contributed by atoms with van der Waals surface area (Å²) in [6, 6.07) is 6.68. The number of benzene rings is 1. The lowest BCUT2D eigenvalue weighted by Crippen LogP contribution is -2.12. The number of nitrogen functional groups attached to an aromatic ring is 1. The van der Waals surface area contributed by atoms with Gasteiger partial charge in [-0.15, -0.1) is 0 Å². The maximum atomic E-state index is 5.86. The van der Waals surface area contributed by atoms with Gasteiger partial charge in [0, 0.05) is 23.4 Å². The van der Waals surface area contributed by atoms with Gasteiger partial charge in [-0.2, -0.15) is 11.8 Å². The van der Waals surface area contributed by atoms with Crippen molar-refractivity contribution in [3.05, 3.63) is 24.0 Å². The van der Waals surface area contributed by atoms with Crippen LogP contribution in [0.3, 0.4) is 0 Å². The van der Waals surface area contributed by atoms with Gasteiger partial charge in [0.2, 0.25) is 0 Å². The zero-order valence-corrected chi connectivity index (χ0v) is 11.7. The van der Waals surface area contributed by atoms with Gasteiger partial charge < -0.3 is 10.3 Å². The summed E-state index contributed by atoms with van der Waals surface area (Å²) in [6.45, 7) is 4.42. The number of thioether (sulfide) groups is 1. The zero-order chi connectivity index (χ0) is 12.7. The van der Waals surface area contributed by atoms with E-state index in [0.29, 0.717) is 12.0 Å². The third kappa shape index (κ3) is 1.88. The van der Waals surface area contributed by atoms with Crippen LogP contribution in [-0.2, 0) is 0 Å². The molecule has 0 amide bonds. The van der Waals surface area contributed by atoms with E-state index in [4.69, 9.17) is 10.7 Å². The summed E-state index contributed by atoms with van der Waals surface area (Å²) in [5, 5.41) is 0. The summed E-state index contributed by atoms with van der Waals surface area (Å²) in [5.41, 5.74) is 8.93. The molecule has 0 aliphatic carbocycles. The summed E-state index contributed by atoms with van der Waals surface area (Å²) >= 11 is 2.04. The highest BCUT2D eigenvalue weighted by Crippen LogP contribution is 2.34. The van der Waals surface area contributed by atoms with Crippen LogP contribution in [-0.4, -0.2) is 21.1 Å². The van der Waals surface area contributed by atoms with Crippen molar-refractivity contribution in [1.29, 1.82) is 0 Å². The quantitative estimate of drug-likeness (QED) is 0.842. The van der Waals surface area contributed by atoms with Crippen LogP contribution in [0.25, 0.3) is 11.0 Å². The first kappa shape index (κ1) is 11.9. The molecule has 1 aromatic carbocycles. The molecule has 1 aliphatic heterocycles.